The van der Waals surface area contributed by atoms with Crippen molar-refractivity contribution in [2.24, 2.45) is 0 Å². The Morgan fingerprint density at radius 2 is 2.00 bits per heavy atom. The van der Waals surface area contributed by atoms with E-state index in [9.17, 15) is 9.59 Å². The van der Waals surface area contributed by atoms with Gasteiger partial charge in [0.2, 0.25) is 0 Å². The number of hydrogen-bond acceptors (Lipinski definition) is 3. The second kappa shape index (κ2) is 4.41. The standard InChI is InChI=1S/C16H13N3O2/c20-15(17-11-6-7-11)10-5-8-14-18-13-4-2-1-3-12(13)16(21)19(14)9-10/h1-5,8-9,11H,6-7H2,(H,17,20). The van der Waals surface area contributed by atoms with Crippen LogP contribution in [-0.2, 0) is 0 Å². The second-order valence-corrected chi connectivity index (χ2v) is 5.33. The number of rotatable bonds is 2. The Kier molecular flexibility index (Phi) is 2.54. The molecule has 1 N–H and O–H groups in total. The minimum Gasteiger partial charge on any atom is -0.349 e. The molecule has 5 heteroatoms. The molecule has 3 aromatic rings. The van der Waals surface area contributed by atoms with Gasteiger partial charge in [0.15, 0.2) is 0 Å². The molecule has 5 nitrogen and oxygen atoms in total. The van der Waals surface area contributed by atoms with E-state index in [1.807, 2.05) is 18.2 Å². The number of hydrogen-bond donors (Lipinski definition) is 1. The van der Waals surface area contributed by atoms with Crippen molar-refractivity contribution in [1.82, 2.24) is 14.7 Å². The highest BCUT2D eigenvalue weighted by Crippen LogP contribution is 2.19. The lowest BCUT2D eigenvalue weighted by atomic mass is 10.2. The van der Waals surface area contributed by atoms with Crippen LogP contribution in [0.4, 0.5) is 0 Å². The van der Waals surface area contributed by atoms with Gasteiger partial charge >= 0.3 is 0 Å². The lowest BCUT2D eigenvalue weighted by Gasteiger charge is -2.06. The molecule has 1 aliphatic rings. The Morgan fingerprint density at radius 3 is 2.81 bits per heavy atom. The molecule has 0 spiro atoms. The third-order valence-corrected chi connectivity index (χ3v) is 3.69. The summed E-state index contributed by atoms with van der Waals surface area (Å²) in [5.74, 6) is -0.139. The first kappa shape index (κ1) is 12.1. The number of para-hydroxylation sites is 1. The fourth-order valence-corrected chi connectivity index (χ4v) is 2.38. The third-order valence-electron chi connectivity index (χ3n) is 3.69. The van der Waals surface area contributed by atoms with Crippen molar-refractivity contribution in [3.63, 3.8) is 0 Å². The summed E-state index contributed by atoms with van der Waals surface area (Å²) < 4.78 is 1.43. The lowest BCUT2D eigenvalue weighted by Crippen LogP contribution is -2.26. The summed E-state index contributed by atoms with van der Waals surface area (Å²) in [6, 6.07) is 10.9. The largest absolute Gasteiger partial charge is 0.349 e. The number of carbonyl (C=O) groups is 1. The number of aromatic nitrogens is 2. The van der Waals surface area contributed by atoms with Crippen molar-refractivity contribution in [2.75, 3.05) is 0 Å². The summed E-state index contributed by atoms with van der Waals surface area (Å²) in [6.07, 6.45) is 3.63. The fraction of sp³-hybridized carbons (Fsp3) is 0.188. The first-order chi connectivity index (χ1) is 10.2. The monoisotopic (exact) mass is 279 g/mol. The van der Waals surface area contributed by atoms with Gasteiger partial charge in [-0.1, -0.05) is 12.1 Å². The van der Waals surface area contributed by atoms with Crippen molar-refractivity contribution in [1.29, 1.82) is 0 Å². The molecule has 104 valence electrons. The van der Waals surface area contributed by atoms with E-state index in [2.05, 4.69) is 10.3 Å². The molecular formula is C16H13N3O2. The van der Waals surface area contributed by atoms with E-state index in [1.165, 1.54) is 4.40 Å². The smallest absolute Gasteiger partial charge is 0.265 e. The van der Waals surface area contributed by atoms with Gasteiger partial charge < -0.3 is 5.32 Å². The SMILES string of the molecule is O=C(NC1CC1)c1ccc2nc3ccccc3c(=O)n2c1. The maximum atomic E-state index is 12.5. The van der Waals surface area contributed by atoms with E-state index in [4.69, 9.17) is 0 Å². The number of benzene rings is 1. The van der Waals surface area contributed by atoms with Crippen LogP contribution in [0.3, 0.4) is 0 Å². The van der Waals surface area contributed by atoms with E-state index in [0.717, 1.165) is 12.8 Å². The zero-order valence-electron chi connectivity index (χ0n) is 11.2. The van der Waals surface area contributed by atoms with Crippen molar-refractivity contribution in [3.05, 3.63) is 58.5 Å². The number of nitrogens with zero attached hydrogens (tertiary/aromatic N) is 2. The van der Waals surface area contributed by atoms with Crippen LogP contribution < -0.4 is 10.9 Å². The van der Waals surface area contributed by atoms with Crippen molar-refractivity contribution < 1.29 is 4.79 Å². The van der Waals surface area contributed by atoms with E-state index in [-0.39, 0.29) is 11.5 Å². The Morgan fingerprint density at radius 1 is 1.19 bits per heavy atom. The van der Waals surface area contributed by atoms with Crippen LogP contribution >= 0.6 is 0 Å². The summed E-state index contributed by atoms with van der Waals surface area (Å²) in [5.41, 5.74) is 1.53. The number of amides is 1. The Bertz CT molecular complexity index is 926. The molecule has 1 saturated carbocycles. The molecule has 0 atom stereocenters. The van der Waals surface area contributed by atoms with Crippen molar-refractivity contribution >= 4 is 22.5 Å². The van der Waals surface area contributed by atoms with Crippen LogP contribution in [0, 0.1) is 0 Å². The highest BCUT2D eigenvalue weighted by atomic mass is 16.2. The minimum absolute atomic E-state index is 0.139. The van der Waals surface area contributed by atoms with Gasteiger partial charge in [-0.25, -0.2) is 4.98 Å². The van der Waals surface area contributed by atoms with E-state index < -0.39 is 0 Å². The van der Waals surface area contributed by atoms with Crippen LogP contribution in [0.1, 0.15) is 23.2 Å². The van der Waals surface area contributed by atoms with Gasteiger partial charge in [-0.3, -0.25) is 14.0 Å². The van der Waals surface area contributed by atoms with Crippen LogP contribution in [0.25, 0.3) is 16.6 Å². The van der Waals surface area contributed by atoms with Gasteiger partial charge in [0.25, 0.3) is 11.5 Å². The van der Waals surface area contributed by atoms with Gasteiger partial charge in [0.1, 0.15) is 5.65 Å². The predicted molar refractivity (Wildman–Crippen MR) is 79.5 cm³/mol. The summed E-state index contributed by atoms with van der Waals surface area (Å²) in [4.78, 5) is 29.0. The summed E-state index contributed by atoms with van der Waals surface area (Å²) in [6.45, 7) is 0. The molecular weight excluding hydrogens is 266 g/mol. The van der Waals surface area contributed by atoms with E-state index in [1.54, 1.807) is 24.4 Å². The Balaban J connectivity index is 1.89. The quantitative estimate of drug-likeness (QED) is 0.727. The molecule has 0 radical (unpaired) electrons. The third kappa shape index (κ3) is 2.07. The first-order valence-electron chi connectivity index (χ1n) is 6.94. The number of pyridine rings is 1. The molecule has 1 amide bonds. The van der Waals surface area contributed by atoms with Gasteiger partial charge in [0, 0.05) is 12.2 Å². The van der Waals surface area contributed by atoms with Crippen LogP contribution in [0.15, 0.2) is 47.4 Å². The van der Waals surface area contributed by atoms with E-state index in [0.29, 0.717) is 28.2 Å². The van der Waals surface area contributed by atoms with Crippen LogP contribution in [0.2, 0.25) is 0 Å². The molecule has 1 aromatic carbocycles. The van der Waals surface area contributed by atoms with E-state index >= 15 is 0 Å². The molecule has 2 heterocycles. The molecule has 0 saturated heterocycles. The highest BCUT2D eigenvalue weighted by molar-refractivity contribution is 5.94. The molecule has 21 heavy (non-hydrogen) atoms. The average molecular weight is 279 g/mol. The molecule has 1 aliphatic carbocycles. The number of carbonyl (C=O) groups excluding carboxylic acids is 1. The normalized spacial score (nSPS) is 14.5. The molecule has 0 unspecified atom stereocenters. The zero-order chi connectivity index (χ0) is 14.4. The Labute approximate surface area is 120 Å². The van der Waals surface area contributed by atoms with Crippen LogP contribution in [-0.4, -0.2) is 21.3 Å². The maximum absolute atomic E-state index is 12.5. The van der Waals surface area contributed by atoms with Crippen LogP contribution in [0.5, 0.6) is 0 Å². The van der Waals surface area contributed by atoms with Gasteiger partial charge in [-0.2, -0.15) is 0 Å². The fourth-order valence-electron chi connectivity index (χ4n) is 2.38. The van der Waals surface area contributed by atoms with Crippen molar-refractivity contribution in [3.8, 4) is 0 Å². The summed E-state index contributed by atoms with van der Waals surface area (Å²) >= 11 is 0. The summed E-state index contributed by atoms with van der Waals surface area (Å²) in [7, 11) is 0. The Hall–Kier alpha value is -2.69. The summed E-state index contributed by atoms with van der Waals surface area (Å²) in [5, 5.41) is 3.47. The van der Waals surface area contributed by atoms with Gasteiger partial charge in [-0.15, -0.1) is 0 Å². The van der Waals surface area contributed by atoms with Crippen molar-refractivity contribution in [2.45, 2.75) is 18.9 Å². The molecule has 0 bridgehead atoms. The number of fused-ring (bicyclic) bond motifs is 2. The first-order valence-corrected chi connectivity index (χ1v) is 6.94. The zero-order valence-corrected chi connectivity index (χ0v) is 11.2. The lowest BCUT2D eigenvalue weighted by molar-refractivity contribution is 0.0950. The average Bonchev–Trinajstić information content (AvgIpc) is 3.31. The molecule has 4 rings (SSSR count). The molecule has 1 fully saturated rings. The molecule has 2 aromatic heterocycles. The second-order valence-electron chi connectivity index (χ2n) is 5.33. The topological polar surface area (TPSA) is 63.5 Å². The highest BCUT2D eigenvalue weighted by Gasteiger charge is 2.24. The minimum atomic E-state index is -0.156. The van der Waals surface area contributed by atoms with Gasteiger partial charge in [-0.05, 0) is 37.1 Å². The maximum Gasteiger partial charge on any atom is 0.265 e. The molecule has 0 aliphatic heterocycles. The van der Waals surface area contributed by atoms with Gasteiger partial charge in [0.05, 0.1) is 16.5 Å². The number of nitrogens with one attached hydrogen (secondary N) is 1. The predicted octanol–water partition coefficient (Wildman–Crippen LogP) is 1.74.